The number of nitrogens with two attached hydrogens (primary N) is 1. The summed E-state index contributed by atoms with van der Waals surface area (Å²) in [5.41, 5.74) is 9.97. The van der Waals surface area contributed by atoms with Crippen LogP contribution in [0.5, 0.6) is 0 Å². The largest absolute Gasteiger partial charge is 0.409 e. The van der Waals surface area contributed by atoms with Gasteiger partial charge in [0.05, 0.1) is 16.7 Å². The molecule has 1 fully saturated rings. The van der Waals surface area contributed by atoms with E-state index in [4.69, 9.17) is 10.5 Å². The molecule has 3 aromatic rings. The van der Waals surface area contributed by atoms with Crippen molar-refractivity contribution >= 4 is 30.8 Å². The second-order valence-electron chi connectivity index (χ2n) is 11.7. The average molecular weight is 526 g/mol. The van der Waals surface area contributed by atoms with Gasteiger partial charge in [0.15, 0.2) is 17.5 Å². The van der Waals surface area contributed by atoms with Crippen LogP contribution in [0.4, 0.5) is 10.2 Å². The number of hydrogen-bond acceptors (Lipinski definition) is 6. The van der Waals surface area contributed by atoms with Crippen molar-refractivity contribution in [3.8, 4) is 0 Å². The van der Waals surface area contributed by atoms with Crippen molar-refractivity contribution in [3.05, 3.63) is 58.5 Å². The van der Waals surface area contributed by atoms with E-state index in [9.17, 15) is 10.3 Å². The van der Waals surface area contributed by atoms with Crippen molar-refractivity contribution in [3.63, 3.8) is 0 Å². The fourth-order valence-electron chi connectivity index (χ4n) is 5.18. The second kappa shape index (κ2) is 9.73. The standard InChI is InChI=1S/C27H36FN5O3Si/c1-37(2,3)10-9-36-16-33-15-21(25(29)32-35)24-23(33)14-22(28)26(31-24)30-20-12-17-5-6-19(11-18(17)13-20)27(34)7-4-8-27/h5-6,11,14-15,20,34-35H,4,7-10,12-13,16H2,1-3H3,(H2,29,32)(H,30,31). The number of aromatic nitrogens is 2. The lowest BCUT2D eigenvalue weighted by Gasteiger charge is -2.37. The van der Waals surface area contributed by atoms with E-state index in [1.165, 1.54) is 17.2 Å². The van der Waals surface area contributed by atoms with Gasteiger partial charge in [0.1, 0.15) is 12.2 Å². The molecule has 0 aliphatic heterocycles. The molecule has 1 aromatic carbocycles. The molecule has 8 nitrogen and oxygen atoms in total. The SMILES string of the molecule is C[Si](C)(C)CCOCn1cc(/C(N)=N\O)c2nc(NC3Cc4ccc(C5(O)CCC5)cc4C3)c(F)cc21. The van der Waals surface area contributed by atoms with Gasteiger partial charge < -0.3 is 30.7 Å². The molecule has 10 heteroatoms. The Kier molecular flexibility index (Phi) is 6.76. The summed E-state index contributed by atoms with van der Waals surface area (Å²) in [6.45, 7) is 7.69. The monoisotopic (exact) mass is 525 g/mol. The molecule has 2 aliphatic carbocycles. The average Bonchev–Trinajstić information content (AvgIpc) is 3.39. The van der Waals surface area contributed by atoms with Crippen LogP contribution in [0.25, 0.3) is 11.0 Å². The molecule has 0 amide bonds. The Morgan fingerprint density at radius 3 is 2.70 bits per heavy atom. The van der Waals surface area contributed by atoms with Crippen molar-refractivity contribution in [2.45, 2.75) is 76.2 Å². The topological polar surface area (TPSA) is 118 Å². The summed E-state index contributed by atoms with van der Waals surface area (Å²) < 4.78 is 22.9. The number of aliphatic hydroxyl groups is 1. The molecule has 2 aliphatic rings. The zero-order chi connectivity index (χ0) is 26.4. The van der Waals surface area contributed by atoms with E-state index in [-0.39, 0.29) is 24.4 Å². The number of amidine groups is 1. The van der Waals surface area contributed by atoms with E-state index < -0.39 is 19.5 Å². The first-order chi connectivity index (χ1) is 17.6. The number of anilines is 1. The summed E-state index contributed by atoms with van der Waals surface area (Å²) >= 11 is 0. The molecule has 1 atom stereocenters. The number of oxime groups is 1. The lowest BCUT2D eigenvalue weighted by molar-refractivity contribution is -0.0388. The zero-order valence-corrected chi connectivity index (χ0v) is 22.7. The van der Waals surface area contributed by atoms with Gasteiger partial charge in [-0.1, -0.05) is 43.0 Å². The van der Waals surface area contributed by atoms with Crippen LogP contribution in [-0.4, -0.2) is 46.4 Å². The first-order valence-electron chi connectivity index (χ1n) is 12.9. The Morgan fingerprint density at radius 1 is 1.27 bits per heavy atom. The molecule has 0 saturated heterocycles. The van der Waals surface area contributed by atoms with E-state index >= 15 is 4.39 Å². The minimum absolute atomic E-state index is 0.0278. The van der Waals surface area contributed by atoms with Gasteiger partial charge in [-0.3, -0.25) is 0 Å². The number of pyridine rings is 1. The number of nitrogens with one attached hydrogen (secondary N) is 1. The Bertz CT molecular complexity index is 1350. The quantitative estimate of drug-likeness (QED) is 0.0814. The van der Waals surface area contributed by atoms with Crippen LogP contribution in [0.3, 0.4) is 0 Å². The van der Waals surface area contributed by atoms with Crippen molar-refractivity contribution in [1.29, 1.82) is 0 Å². The summed E-state index contributed by atoms with van der Waals surface area (Å²) in [7, 11) is -1.24. The number of rotatable bonds is 9. The summed E-state index contributed by atoms with van der Waals surface area (Å²) in [6, 6.07) is 8.61. The molecule has 5 rings (SSSR count). The third kappa shape index (κ3) is 5.23. The van der Waals surface area contributed by atoms with E-state index in [2.05, 4.69) is 47.2 Å². The minimum atomic E-state index is -1.24. The summed E-state index contributed by atoms with van der Waals surface area (Å²) in [6.07, 6.45) is 5.79. The number of halogens is 1. The van der Waals surface area contributed by atoms with Crippen molar-refractivity contribution in [2.24, 2.45) is 10.9 Å². The van der Waals surface area contributed by atoms with Gasteiger partial charge in [-0.15, -0.1) is 0 Å². The Hall–Kier alpha value is -2.95. The molecule has 1 saturated carbocycles. The highest BCUT2D eigenvalue weighted by Gasteiger charge is 2.37. The van der Waals surface area contributed by atoms with Crippen LogP contribution in [0.15, 0.2) is 35.6 Å². The highest BCUT2D eigenvalue weighted by molar-refractivity contribution is 6.76. The maximum Gasteiger partial charge on any atom is 0.173 e. The third-order valence-electron chi connectivity index (χ3n) is 7.61. The normalized spacial score (nSPS) is 19.2. The molecular formula is C27H36FN5O3Si. The van der Waals surface area contributed by atoms with Crippen molar-refractivity contribution in [1.82, 2.24) is 9.55 Å². The van der Waals surface area contributed by atoms with Crippen LogP contribution >= 0.6 is 0 Å². The molecule has 5 N–H and O–H groups in total. The van der Waals surface area contributed by atoms with Crippen LogP contribution in [0.1, 0.15) is 41.5 Å². The van der Waals surface area contributed by atoms with E-state index in [1.54, 1.807) is 10.8 Å². The van der Waals surface area contributed by atoms with Crippen LogP contribution in [0.2, 0.25) is 25.7 Å². The van der Waals surface area contributed by atoms with Gasteiger partial charge in [0.25, 0.3) is 0 Å². The Morgan fingerprint density at radius 2 is 2.03 bits per heavy atom. The Balaban J connectivity index is 1.36. The smallest absolute Gasteiger partial charge is 0.173 e. The molecule has 198 valence electrons. The fourth-order valence-corrected chi connectivity index (χ4v) is 5.93. The maximum absolute atomic E-state index is 15.3. The van der Waals surface area contributed by atoms with E-state index in [0.29, 0.717) is 23.2 Å². The maximum atomic E-state index is 15.3. The fraction of sp³-hybridized carbons (Fsp3) is 0.481. The number of hydrogen-bond donors (Lipinski definition) is 4. The highest BCUT2D eigenvalue weighted by Crippen LogP contribution is 2.42. The number of fused-ring (bicyclic) bond motifs is 2. The lowest BCUT2D eigenvalue weighted by Crippen LogP contribution is -2.33. The first-order valence-corrected chi connectivity index (χ1v) is 16.6. The zero-order valence-electron chi connectivity index (χ0n) is 21.7. The van der Waals surface area contributed by atoms with Gasteiger partial charge >= 0.3 is 0 Å². The molecule has 0 bridgehead atoms. The minimum Gasteiger partial charge on any atom is -0.409 e. The van der Waals surface area contributed by atoms with Crippen LogP contribution < -0.4 is 11.1 Å². The molecular weight excluding hydrogens is 489 g/mol. The molecule has 1 unspecified atom stereocenters. The van der Waals surface area contributed by atoms with Crippen molar-refractivity contribution in [2.75, 3.05) is 11.9 Å². The van der Waals surface area contributed by atoms with Crippen LogP contribution in [0, 0.1) is 5.82 Å². The lowest BCUT2D eigenvalue weighted by atomic mass is 9.74. The molecule has 0 spiro atoms. The first kappa shape index (κ1) is 25.7. The van der Waals surface area contributed by atoms with Gasteiger partial charge in [0.2, 0.25) is 0 Å². The Labute approximate surface area is 217 Å². The third-order valence-corrected chi connectivity index (χ3v) is 9.32. The van der Waals surface area contributed by atoms with Gasteiger partial charge in [-0.25, -0.2) is 9.37 Å². The number of nitrogens with zero attached hydrogens (tertiary/aromatic N) is 3. The highest BCUT2D eigenvalue weighted by atomic mass is 28.3. The molecule has 37 heavy (non-hydrogen) atoms. The van der Waals surface area contributed by atoms with Gasteiger partial charge in [-0.05, 0) is 54.8 Å². The summed E-state index contributed by atoms with van der Waals surface area (Å²) in [5, 5.41) is 26.4. The van der Waals surface area contributed by atoms with Gasteiger partial charge in [0, 0.05) is 33.0 Å². The predicted octanol–water partition coefficient (Wildman–Crippen LogP) is 4.53. The number of benzene rings is 1. The van der Waals surface area contributed by atoms with Gasteiger partial charge in [-0.2, -0.15) is 0 Å². The van der Waals surface area contributed by atoms with Crippen LogP contribution in [-0.2, 0) is 29.9 Å². The summed E-state index contributed by atoms with van der Waals surface area (Å²) in [5.74, 6) is -0.432. The molecule has 0 radical (unpaired) electrons. The predicted molar refractivity (Wildman–Crippen MR) is 145 cm³/mol. The number of ether oxygens (including phenoxy) is 1. The summed E-state index contributed by atoms with van der Waals surface area (Å²) in [4.78, 5) is 4.57. The van der Waals surface area contributed by atoms with Crippen molar-refractivity contribution < 1.29 is 19.4 Å². The molecule has 2 heterocycles. The van der Waals surface area contributed by atoms with E-state index in [1.807, 2.05) is 6.07 Å². The second-order valence-corrected chi connectivity index (χ2v) is 17.3. The van der Waals surface area contributed by atoms with E-state index in [0.717, 1.165) is 43.7 Å². The molecule has 2 aromatic heterocycles.